The summed E-state index contributed by atoms with van der Waals surface area (Å²) in [6, 6.07) is 3.26. The molecule has 1 heterocycles. The summed E-state index contributed by atoms with van der Waals surface area (Å²) >= 11 is 5.72. The van der Waals surface area contributed by atoms with Gasteiger partial charge in [-0.25, -0.2) is 0 Å². The number of alkyl halides is 1. The Hall–Kier alpha value is -1.29. The quantitative estimate of drug-likeness (QED) is 0.830. The number of nitrogens with one attached hydrogen (secondary N) is 1. The molecular formula is C12H15ClN2O2. The fourth-order valence-corrected chi connectivity index (χ4v) is 2.16. The maximum absolute atomic E-state index is 12.2. The van der Waals surface area contributed by atoms with Crippen LogP contribution in [-0.4, -0.2) is 34.3 Å². The van der Waals surface area contributed by atoms with Crippen molar-refractivity contribution in [1.82, 2.24) is 9.88 Å². The summed E-state index contributed by atoms with van der Waals surface area (Å²) in [5, 5.41) is 0. The molecule has 0 aromatic carbocycles. The van der Waals surface area contributed by atoms with E-state index in [2.05, 4.69) is 4.98 Å². The standard InChI is InChI=1S/C12H15ClN2O2/c13-5-7-15(10-2-1-3-10)12(17)9-4-6-14-11(16)8-9/h4,6,8,10H,1-3,5,7H2,(H,14,16). The normalized spacial score (nSPS) is 15.4. The van der Waals surface area contributed by atoms with Crippen molar-refractivity contribution in [3.8, 4) is 0 Å². The summed E-state index contributed by atoms with van der Waals surface area (Å²) in [6.45, 7) is 0.540. The van der Waals surface area contributed by atoms with Crippen LogP contribution in [0.5, 0.6) is 0 Å². The van der Waals surface area contributed by atoms with E-state index < -0.39 is 0 Å². The highest BCUT2D eigenvalue weighted by atomic mass is 35.5. The molecule has 0 aliphatic heterocycles. The van der Waals surface area contributed by atoms with E-state index in [-0.39, 0.29) is 11.5 Å². The lowest BCUT2D eigenvalue weighted by atomic mass is 9.91. The van der Waals surface area contributed by atoms with Crippen LogP contribution in [0.3, 0.4) is 0 Å². The largest absolute Gasteiger partial charge is 0.334 e. The molecule has 1 fully saturated rings. The molecule has 1 aromatic heterocycles. The smallest absolute Gasteiger partial charge is 0.254 e. The van der Waals surface area contributed by atoms with Crippen molar-refractivity contribution in [2.75, 3.05) is 12.4 Å². The number of aromatic nitrogens is 1. The number of rotatable bonds is 4. The van der Waals surface area contributed by atoms with Crippen LogP contribution in [-0.2, 0) is 0 Å². The number of carbonyl (C=O) groups is 1. The number of amides is 1. The van der Waals surface area contributed by atoms with Crippen molar-refractivity contribution < 1.29 is 4.79 Å². The van der Waals surface area contributed by atoms with Crippen LogP contribution < -0.4 is 5.56 Å². The Bertz CT molecular complexity index is 454. The van der Waals surface area contributed by atoms with Gasteiger partial charge in [0.2, 0.25) is 5.56 Å². The van der Waals surface area contributed by atoms with E-state index in [9.17, 15) is 9.59 Å². The van der Waals surface area contributed by atoms with Crippen molar-refractivity contribution in [2.45, 2.75) is 25.3 Å². The van der Waals surface area contributed by atoms with Crippen molar-refractivity contribution in [3.05, 3.63) is 34.2 Å². The third-order valence-electron chi connectivity index (χ3n) is 3.12. The number of hydrogen-bond donors (Lipinski definition) is 1. The van der Waals surface area contributed by atoms with Gasteiger partial charge < -0.3 is 9.88 Å². The van der Waals surface area contributed by atoms with Gasteiger partial charge in [-0.15, -0.1) is 11.6 Å². The summed E-state index contributed by atoms with van der Waals surface area (Å²) in [5.74, 6) is 0.326. The lowest BCUT2D eigenvalue weighted by Crippen LogP contribution is -2.45. The fourth-order valence-electron chi connectivity index (χ4n) is 1.98. The summed E-state index contributed by atoms with van der Waals surface area (Å²) in [7, 11) is 0. The summed E-state index contributed by atoms with van der Waals surface area (Å²) in [4.78, 5) is 27.7. The first-order valence-electron chi connectivity index (χ1n) is 5.78. The van der Waals surface area contributed by atoms with Gasteiger partial charge >= 0.3 is 0 Å². The van der Waals surface area contributed by atoms with Crippen LogP contribution in [0.25, 0.3) is 0 Å². The van der Waals surface area contributed by atoms with Gasteiger partial charge in [0, 0.05) is 36.3 Å². The van der Waals surface area contributed by atoms with E-state index in [1.54, 1.807) is 11.0 Å². The highest BCUT2D eigenvalue weighted by Gasteiger charge is 2.28. The molecule has 1 aliphatic carbocycles. The second-order valence-electron chi connectivity index (χ2n) is 4.21. The molecule has 0 unspecified atom stereocenters. The van der Waals surface area contributed by atoms with E-state index in [4.69, 9.17) is 11.6 Å². The maximum atomic E-state index is 12.2. The monoisotopic (exact) mass is 254 g/mol. The van der Waals surface area contributed by atoms with Gasteiger partial charge in [0.15, 0.2) is 0 Å². The number of carbonyl (C=O) groups excluding carboxylic acids is 1. The van der Waals surface area contributed by atoms with E-state index in [0.29, 0.717) is 24.0 Å². The number of nitrogens with zero attached hydrogens (tertiary/aromatic N) is 1. The Morgan fingerprint density at radius 1 is 1.53 bits per heavy atom. The molecule has 92 valence electrons. The van der Waals surface area contributed by atoms with Gasteiger partial charge in [0.1, 0.15) is 0 Å². The SMILES string of the molecule is O=C(c1cc[nH]c(=O)c1)N(CCCl)C1CCC1. The highest BCUT2D eigenvalue weighted by molar-refractivity contribution is 6.18. The van der Waals surface area contributed by atoms with E-state index in [1.807, 2.05) is 0 Å². The number of hydrogen-bond acceptors (Lipinski definition) is 2. The van der Waals surface area contributed by atoms with Crippen LogP contribution in [0.4, 0.5) is 0 Å². The van der Waals surface area contributed by atoms with E-state index in [1.165, 1.54) is 12.3 Å². The minimum atomic E-state index is -0.254. The number of aromatic amines is 1. The third-order valence-corrected chi connectivity index (χ3v) is 3.29. The van der Waals surface area contributed by atoms with Gasteiger partial charge in [0.05, 0.1) is 0 Å². The average molecular weight is 255 g/mol. The van der Waals surface area contributed by atoms with Gasteiger partial charge in [-0.1, -0.05) is 0 Å². The molecule has 1 aromatic rings. The van der Waals surface area contributed by atoms with Crippen LogP contribution in [0.1, 0.15) is 29.6 Å². The number of halogens is 1. The summed E-state index contributed by atoms with van der Waals surface area (Å²) in [5.41, 5.74) is 0.182. The second-order valence-corrected chi connectivity index (χ2v) is 4.59. The van der Waals surface area contributed by atoms with Crippen molar-refractivity contribution in [2.24, 2.45) is 0 Å². The topological polar surface area (TPSA) is 53.2 Å². The van der Waals surface area contributed by atoms with Crippen LogP contribution >= 0.6 is 11.6 Å². The molecule has 0 radical (unpaired) electrons. The first kappa shape index (κ1) is 12.2. The molecule has 1 aliphatic rings. The Kier molecular flexibility index (Phi) is 3.84. The molecule has 1 saturated carbocycles. The molecule has 17 heavy (non-hydrogen) atoms. The van der Waals surface area contributed by atoms with Crippen molar-refractivity contribution in [1.29, 1.82) is 0 Å². The molecule has 4 nitrogen and oxygen atoms in total. The Morgan fingerprint density at radius 3 is 2.82 bits per heavy atom. The first-order chi connectivity index (χ1) is 8.22. The third kappa shape index (κ3) is 2.69. The molecule has 1 amide bonds. The highest BCUT2D eigenvalue weighted by Crippen LogP contribution is 2.25. The molecule has 5 heteroatoms. The summed E-state index contributed by atoms with van der Waals surface area (Å²) in [6.07, 6.45) is 4.72. The van der Waals surface area contributed by atoms with Crippen LogP contribution in [0.15, 0.2) is 23.1 Å². The van der Waals surface area contributed by atoms with E-state index >= 15 is 0 Å². The lowest BCUT2D eigenvalue weighted by molar-refractivity contribution is 0.0597. The average Bonchev–Trinajstić information content (AvgIpc) is 2.25. The van der Waals surface area contributed by atoms with Gasteiger partial charge in [-0.2, -0.15) is 0 Å². The van der Waals surface area contributed by atoms with Crippen molar-refractivity contribution in [3.63, 3.8) is 0 Å². The van der Waals surface area contributed by atoms with E-state index in [0.717, 1.165) is 19.3 Å². The van der Waals surface area contributed by atoms with Gasteiger partial charge in [-0.3, -0.25) is 9.59 Å². The zero-order valence-electron chi connectivity index (χ0n) is 9.49. The van der Waals surface area contributed by atoms with Crippen LogP contribution in [0, 0.1) is 0 Å². The van der Waals surface area contributed by atoms with Gasteiger partial charge in [0.25, 0.3) is 5.91 Å². The predicted molar refractivity (Wildman–Crippen MR) is 66.5 cm³/mol. The molecule has 2 rings (SSSR count). The minimum absolute atomic E-state index is 0.0959. The van der Waals surface area contributed by atoms with Crippen molar-refractivity contribution >= 4 is 17.5 Å². The molecule has 0 atom stereocenters. The zero-order chi connectivity index (χ0) is 12.3. The minimum Gasteiger partial charge on any atom is -0.334 e. The van der Waals surface area contributed by atoms with Crippen LogP contribution in [0.2, 0.25) is 0 Å². The molecule has 0 bridgehead atoms. The lowest BCUT2D eigenvalue weighted by Gasteiger charge is -2.37. The first-order valence-corrected chi connectivity index (χ1v) is 6.31. The predicted octanol–water partition coefficient (Wildman–Crippen LogP) is 1.61. The molecular weight excluding hydrogens is 240 g/mol. The number of H-pyrrole nitrogens is 1. The van der Waals surface area contributed by atoms with Gasteiger partial charge in [-0.05, 0) is 25.3 Å². The zero-order valence-corrected chi connectivity index (χ0v) is 10.2. The fraction of sp³-hybridized carbons (Fsp3) is 0.500. The molecule has 0 saturated heterocycles. The number of pyridine rings is 1. The Balaban J connectivity index is 2.18. The molecule has 0 spiro atoms. The second kappa shape index (κ2) is 5.36. The molecule has 1 N–H and O–H groups in total. The Labute approximate surface area is 105 Å². The summed E-state index contributed by atoms with van der Waals surface area (Å²) < 4.78 is 0. The maximum Gasteiger partial charge on any atom is 0.254 e. The Morgan fingerprint density at radius 2 is 2.29 bits per heavy atom.